The van der Waals surface area contributed by atoms with E-state index >= 15 is 0 Å². The van der Waals surface area contributed by atoms with E-state index in [1.165, 1.54) is 5.56 Å². The van der Waals surface area contributed by atoms with Gasteiger partial charge in [-0.15, -0.1) is 0 Å². The summed E-state index contributed by atoms with van der Waals surface area (Å²) >= 11 is 0. The molecule has 0 bridgehead atoms. The lowest BCUT2D eigenvalue weighted by Gasteiger charge is -2.19. The second kappa shape index (κ2) is 6.81. The summed E-state index contributed by atoms with van der Waals surface area (Å²) in [5.41, 5.74) is 3.27. The number of nitrogens with zero attached hydrogens (tertiary/aromatic N) is 1. The highest BCUT2D eigenvalue weighted by Gasteiger charge is 2.31. The monoisotopic (exact) mass is 303 g/mol. The Hall–Kier alpha value is -2.04. The maximum atomic E-state index is 12.2. The first-order chi connectivity index (χ1) is 10.4. The van der Waals surface area contributed by atoms with Crippen LogP contribution in [0.1, 0.15) is 37.8 Å². The summed E-state index contributed by atoms with van der Waals surface area (Å²) in [5, 5.41) is 5.75. The average molecular weight is 303 g/mol. The number of anilines is 1. The van der Waals surface area contributed by atoms with Gasteiger partial charge in [-0.1, -0.05) is 13.0 Å². The number of hydrogen-bond acceptors (Lipinski definition) is 2. The molecule has 1 heterocycles. The lowest BCUT2D eigenvalue weighted by molar-refractivity contribution is -0.117. The van der Waals surface area contributed by atoms with Crippen LogP contribution in [0.3, 0.4) is 0 Å². The summed E-state index contributed by atoms with van der Waals surface area (Å²) in [4.78, 5) is 25.8. The molecule has 1 saturated heterocycles. The molecule has 0 unspecified atom stereocenters. The van der Waals surface area contributed by atoms with Gasteiger partial charge in [0.05, 0.1) is 6.04 Å². The topological polar surface area (TPSA) is 61.4 Å². The minimum absolute atomic E-state index is 0.0529. The molecule has 2 N–H and O–H groups in total. The zero-order valence-electron chi connectivity index (χ0n) is 13.8. The quantitative estimate of drug-likeness (QED) is 0.898. The summed E-state index contributed by atoms with van der Waals surface area (Å²) in [5.74, 6) is 0.0529. The lowest BCUT2D eigenvalue weighted by atomic mass is 10.1. The van der Waals surface area contributed by atoms with Crippen molar-refractivity contribution in [1.29, 1.82) is 0 Å². The predicted octanol–water partition coefficient (Wildman–Crippen LogP) is 2.51. The largest absolute Gasteiger partial charge is 0.336 e. The fourth-order valence-corrected chi connectivity index (χ4v) is 2.50. The molecule has 1 aromatic rings. The van der Waals surface area contributed by atoms with Crippen molar-refractivity contribution in [3.05, 3.63) is 29.3 Å². The molecule has 0 saturated carbocycles. The minimum atomic E-state index is -0.200. The van der Waals surface area contributed by atoms with E-state index < -0.39 is 0 Å². The Bertz CT molecular complexity index is 571. The Labute approximate surface area is 132 Å². The SMILES string of the molecule is CC[C@@H](C)NC(=O)N[C@@H]1CC(=O)N(c2ccc(C)c(C)c2)C1. The molecule has 22 heavy (non-hydrogen) atoms. The van der Waals surface area contributed by atoms with Gasteiger partial charge < -0.3 is 15.5 Å². The molecule has 0 aromatic heterocycles. The van der Waals surface area contributed by atoms with Crippen LogP contribution in [0.2, 0.25) is 0 Å². The third kappa shape index (κ3) is 3.78. The maximum absolute atomic E-state index is 12.2. The standard InChI is InChI=1S/C17H25N3O2/c1-5-13(4)18-17(22)19-14-9-16(21)20(10-14)15-7-6-11(2)12(3)8-15/h6-8,13-14H,5,9-10H2,1-4H3,(H2,18,19,22)/t13-,14-/m1/s1. The Morgan fingerprint density at radius 1 is 1.36 bits per heavy atom. The molecule has 1 aliphatic heterocycles. The van der Waals surface area contributed by atoms with Crippen molar-refractivity contribution in [2.75, 3.05) is 11.4 Å². The van der Waals surface area contributed by atoms with Crippen LogP contribution in [-0.2, 0) is 4.79 Å². The van der Waals surface area contributed by atoms with Crippen LogP contribution in [0.4, 0.5) is 10.5 Å². The van der Waals surface area contributed by atoms with Gasteiger partial charge >= 0.3 is 6.03 Å². The molecule has 1 aromatic carbocycles. The number of nitrogens with one attached hydrogen (secondary N) is 2. The molecular formula is C17H25N3O2. The normalized spacial score (nSPS) is 19.2. The van der Waals surface area contributed by atoms with Gasteiger partial charge in [0.2, 0.25) is 5.91 Å². The van der Waals surface area contributed by atoms with Crippen LogP contribution in [-0.4, -0.2) is 30.6 Å². The van der Waals surface area contributed by atoms with Gasteiger partial charge in [-0.05, 0) is 50.5 Å². The Morgan fingerprint density at radius 2 is 2.09 bits per heavy atom. The predicted molar refractivity (Wildman–Crippen MR) is 88.1 cm³/mol. The van der Waals surface area contributed by atoms with Crippen LogP contribution < -0.4 is 15.5 Å². The molecule has 1 aliphatic rings. The number of carbonyl (C=O) groups excluding carboxylic acids is 2. The first kappa shape index (κ1) is 16.3. The van der Waals surface area contributed by atoms with E-state index in [0.29, 0.717) is 13.0 Å². The third-order valence-corrected chi connectivity index (χ3v) is 4.25. The summed E-state index contributed by atoms with van der Waals surface area (Å²) in [6, 6.07) is 5.80. The van der Waals surface area contributed by atoms with Gasteiger partial charge in [-0.3, -0.25) is 4.79 Å². The van der Waals surface area contributed by atoms with Crippen molar-refractivity contribution in [2.24, 2.45) is 0 Å². The van der Waals surface area contributed by atoms with Gasteiger partial charge in [0.1, 0.15) is 0 Å². The summed E-state index contributed by atoms with van der Waals surface area (Å²) in [6.07, 6.45) is 1.23. The average Bonchev–Trinajstić information content (AvgIpc) is 2.82. The molecule has 0 radical (unpaired) electrons. The number of hydrogen-bond donors (Lipinski definition) is 2. The van der Waals surface area contributed by atoms with Crippen molar-refractivity contribution in [2.45, 2.75) is 52.6 Å². The van der Waals surface area contributed by atoms with Gasteiger partial charge in [-0.2, -0.15) is 0 Å². The molecule has 0 spiro atoms. The van der Waals surface area contributed by atoms with Gasteiger partial charge in [-0.25, -0.2) is 4.79 Å². The number of amides is 3. The van der Waals surface area contributed by atoms with Crippen molar-refractivity contribution in [1.82, 2.24) is 10.6 Å². The fourth-order valence-electron chi connectivity index (χ4n) is 2.50. The number of carbonyl (C=O) groups is 2. The van der Waals surface area contributed by atoms with Crippen molar-refractivity contribution in [3.63, 3.8) is 0 Å². The van der Waals surface area contributed by atoms with E-state index in [1.807, 2.05) is 39.0 Å². The second-order valence-electron chi connectivity index (χ2n) is 6.10. The molecule has 0 aliphatic carbocycles. The Morgan fingerprint density at radius 3 is 2.73 bits per heavy atom. The van der Waals surface area contributed by atoms with Gasteiger partial charge in [0.25, 0.3) is 0 Å². The van der Waals surface area contributed by atoms with Crippen LogP contribution in [0, 0.1) is 13.8 Å². The maximum Gasteiger partial charge on any atom is 0.315 e. The number of benzene rings is 1. The summed E-state index contributed by atoms with van der Waals surface area (Å²) in [6.45, 7) is 8.59. The number of aryl methyl sites for hydroxylation is 2. The van der Waals surface area contributed by atoms with Crippen molar-refractivity contribution in [3.8, 4) is 0 Å². The van der Waals surface area contributed by atoms with Crippen molar-refractivity contribution < 1.29 is 9.59 Å². The van der Waals surface area contributed by atoms with Crippen LogP contribution in [0.25, 0.3) is 0 Å². The first-order valence-electron chi connectivity index (χ1n) is 7.85. The fraction of sp³-hybridized carbons (Fsp3) is 0.529. The zero-order valence-corrected chi connectivity index (χ0v) is 13.8. The van der Waals surface area contributed by atoms with Crippen molar-refractivity contribution >= 4 is 17.6 Å². The smallest absolute Gasteiger partial charge is 0.315 e. The number of urea groups is 1. The van der Waals surface area contributed by atoms with E-state index in [1.54, 1.807) is 4.90 Å². The summed E-state index contributed by atoms with van der Waals surface area (Å²) < 4.78 is 0. The van der Waals surface area contributed by atoms with Crippen LogP contribution in [0.15, 0.2) is 18.2 Å². The van der Waals surface area contributed by atoms with E-state index in [-0.39, 0.29) is 24.0 Å². The Kier molecular flexibility index (Phi) is 5.06. The Balaban J connectivity index is 1.98. The molecule has 5 heteroatoms. The van der Waals surface area contributed by atoms with E-state index in [9.17, 15) is 9.59 Å². The highest BCUT2D eigenvalue weighted by Crippen LogP contribution is 2.24. The van der Waals surface area contributed by atoms with Crippen LogP contribution >= 0.6 is 0 Å². The first-order valence-corrected chi connectivity index (χ1v) is 7.85. The highest BCUT2D eigenvalue weighted by molar-refractivity contribution is 5.96. The zero-order chi connectivity index (χ0) is 16.3. The molecule has 2 atom stereocenters. The van der Waals surface area contributed by atoms with Gasteiger partial charge in [0, 0.05) is 24.7 Å². The molecule has 3 amide bonds. The molecular weight excluding hydrogens is 278 g/mol. The molecule has 120 valence electrons. The second-order valence-corrected chi connectivity index (χ2v) is 6.10. The molecule has 2 rings (SSSR count). The van der Waals surface area contributed by atoms with E-state index in [4.69, 9.17) is 0 Å². The minimum Gasteiger partial charge on any atom is -0.336 e. The molecule has 1 fully saturated rings. The third-order valence-electron chi connectivity index (χ3n) is 4.25. The molecule has 5 nitrogen and oxygen atoms in total. The van der Waals surface area contributed by atoms with Crippen LogP contribution in [0.5, 0.6) is 0 Å². The van der Waals surface area contributed by atoms with E-state index in [0.717, 1.165) is 17.7 Å². The van der Waals surface area contributed by atoms with Gasteiger partial charge in [0.15, 0.2) is 0 Å². The lowest BCUT2D eigenvalue weighted by Crippen LogP contribution is -2.46. The highest BCUT2D eigenvalue weighted by atomic mass is 16.2. The number of rotatable bonds is 4. The summed E-state index contributed by atoms with van der Waals surface area (Å²) in [7, 11) is 0. The van der Waals surface area contributed by atoms with E-state index in [2.05, 4.69) is 17.6 Å².